The summed E-state index contributed by atoms with van der Waals surface area (Å²) in [7, 11) is 2.13. The average Bonchev–Trinajstić information content (AvgIpc) is 2.17. The zero-order chi connectivity index (χ0) is 11.7. The van der Waals surface area contributed by atoms with E-state index in [-0.39, 0.29) is 0 Å². The van der Waals surface area contributed by atoms with E-state index in [1.54, 1.807) is 0 Å². The van der Waals surface area contributed by atoms with E-state index in [2.05, 4.69) is 50.0 Å². The van der Waals surface area contributed by atoms with Crippen molar-refractivity contribution in [3.63, 3.8) is 0 Å². The van der Waals surface area contributed by atoms with Crippen LogP contribution in [0.2, 0.25) is 0 Å². The molecule has 1 unspecified atom stereocenters. The molecule has 0 radical (unpaired) electrons. The van der Waals surface area contributed by atoms with Crippen LogP contribution in [0.3, 0.4) is 0 Å². The molecule has 0 heterocycles. The minimum Gasteiger partial charge on any atom is -0.374 e. The van der Waals surface area contributed by atoms with Gasteiger partial charge in [-0.15, -0.1) is 0 Å². The molecule has 0 aliphatic carbocycles. The summed E-state index contributed by atoms with van der Waals surface area (Å²) in [4.78, 5) is 6.89. The van der Waals surface area contributed by atoms with Crippen LogP contribution in [-0.2, 0) is 0 Å². The van der Waals surface area contributed by atoms with Crippen molar-refractivity contribution in [2.24, 2.45) is 4.99 Å². The summed E-state index contributed by atoms with van der Waals surface area (Å²) in [6.07, 6.45) is 2.45. The molecule has 0 aromatic heterocycles. The van der Waals surface area contributed by atoms with Crippen molar-refractivity contribution in [1.82, 2.24) is 10.2 Å². The fraction of sp³-hybridized carbons (Fsp3) is 0.917. The Kier molecular flexibility index (Phi) is 8.38. The molecule has 0 saturated heterocycles. The highest BCUT2D eigenvalue weighted by atomic mass is 15.1. The lowest BCUT2D eigenvalue weighted by Gasteiger charge is -2.17. The fourth-order valence-corrected chi connectivity index (χ4v) is 1.44. The van der Waals surface area contributed by atoms with E-state index in [4.69, 9.17) is 0 Å². The Balaban J connectivity index is 3.78. The molecule has 1 atom stereocenters. The van der Waals surface area contributed by atoms with Crippen LogP contribution < -0.4 is 5.32 Å². The first-order valence-electron chi connectivity index (χ1n) is 6.06. The molecule has 90 valence electrons. The molecular formula is C12H27N3. The second-order valence-electron chi connectivity index (χ2n) is 4.20. The molecule has 0 rings (SSSR count). The Morgan fingerprint density at radius 1 is 1.40 bits per heavy atom. The minimum atomic E-state index is 0.379. The van der Waals surface area contributed by atoms with Crippen LogP contribution in [-0.4, -0.2) is 43.5 Å². The maximum atomic E-state index is 4.60. The highest BCUT2D eigenvalue weighted by Crippen LogP contribution is 1.94. The van der Waals surface area contributed by atoms with Crippen molar-refractivity contribution >= 4 is 5.84 Å². The summed E-state index contributed by atoms with van der Waals surface area (Å²) in [6.45, 7) is 11.7. The SMILES string of the molecule is CCCCN/C(C)=N/C(C)CN(C)CC. The van der Waals surface area contributed by atoms with Gasteiger partial charge in [0.1, 0.15) is 0 Å². The lowest BCUT2D eigenvalue weighted by molar-refractivity contribution is 0.334. The Hall–Kier alpha value is -0.570. The molecule has 0 aromatic carbocycles. The van der Waals surface area contributed by atoms with Crippen LogP contribution >= 0.6 is 0 Å². The topological polar surface area (TPSA) is 27.6 Å². The van der Waals surface area contributed by atoms with Gasteiger partial charge in [0.05, 0.1) is 11.9 Å². The van der Waals surface area contributed by atoms with Crippen LogP contribution in [0.15, 0.2) is 4.99 Å². The van der Waals surface area contributed by atoms with E-state index in [0.29, 0.717) is 6.04 Å². The van der Waals surface area contributed by atoms with Gasteiger partial charge in [0.15, 0.2) is 0 Å². The summed E-state index contributed by atoms with van der Waals surface area (Å²) in [6, 6.07) is 0.379. The minimum absolute atomic E-state index is 0.379. The van der Waals surface area contributed by atoms with Crippen LogP contribution in [0.5, 0.6) is 0 Å². The smallest absolute Gasteiger partial charge is 0.0935 e. The van der Waals surface area contributed by atoms with Crippen molar-refractivity contribution in [2.45, 2.75) is 46.6 Å². The largest absolute Gasteiger partial charge is 0.374 e. The molecule has 15 heavy (non-hydrogen) atoms. The summed E-state index contributed by atoms with van der Waals surface area (Å²) < 4.78 is 0. The Bertz CT molecular complexity index is 178. The fourth-order valence-electron chi connectivity index (χ4n) is 1.44. The lowest BCUT2D eigenvalue weighted by Crippen LogP contribution is -2.29. The van der Waals surface area contributed by atoms with E-state index in [9.17, 15) is 0 Å². The maximum absolute atomic E-state index is 4.60. The van der Waals surface area contributed by atoms with Gasteiger partial charge in [-0.1, -0.05) is 20.3 Å². The number of likely N-dealkylation sites (N-methyl/N-ethyl adjacent to an activating group) is 1. The average molecular weight is 213 g/mol. The standard InChI is InChI=1S/C12H27N3/c1-6-8-9-13-12(4)14-11(3)10-15(5)7-2/h11H,6-10H2,1-5H3,(H,13,14). The van der Waals surface area contributed by atoms with Gasteiger partial charge < -0.3 is 10.2 Å². The zero-order valence-electron chi connectivity index (χ0n) is 11.0. The Morgan fingerprint density at radius 2 is 2.07 bits per heavy atom. The van der Waals surface area contributed by atoms with Crippen LogP contribution in [0.4, 0.5) is 0 Å². The van der Waals surface area contributed by atoms with E-state index in [1.165, 1.54) is 12.8 Å². The Labute approximate surface area is 95.0 Å². The first-order valence-corrected chi connectivity index (χ1v) is 6.06. The van der Waals surface area contributed by atoms with Crippen LogP contribution in [0.1, 0.15) is 40.5 Å². The molecule has 3 heteroatoms. The second kappa shape index (κ2) is 8.72. The predicted molar refractivity (Wildman–Crippen MR) is 68.7 cm³/mol. The number of hydrogen-bond acceptors (Lipinski definition) is 2. The van der Waals surface area contributed by atoms with Crippen LogP contribution in [0.25, 0.3) is 0 Å². The molecular weight excluding hydrogens is 186 g/mol. The number of nitrogens with zero attached hydrogens (tertiary/aromatic N) is 2. The predicted octanol–water partition coefficient (Wildman–Crippen LogP) is 2.13. The molecule has 0 aliphatic heterocycles. The van der Waals surface area contributed by atoms with Crippen molar-refractivity contribution in [3.8, 4) is 0 Å². The van der Waals surface area contributed by atoms with Gasteiger partial charge in [-0.3, -0.25) is 4.99 Å². The summed E-state index contributed by atoms with van der Waals surface area (Å²) in [5.41, 5.74) is 0. The number of rotatable bonds is 7. The van der Waals surface area contributed by atoms with Crippen molar-refractivity contribution in [1.29, 1.82) is 0 Å². The van der Waals surface area contributed by atoms with Gasteiger partial charge in [0, 0.05) is 13.1 Å². The van der Waals surface area contributed by atoms with Crippen LogP contribution in [0, 0.1) is 0 Å². The number of hydrogen-bond donors (Lipinski definition) is 1. The van der Waals surface area contributed by atoms with E-state index < -0.39 is 0 Å². The third-order valence-electron chi connectivity index (χ3n) is 2.44. The lowest BCUT2D eigenvalue weighted by atomic mass is 10.3. The van der Waals surface area contributed by atoms with Gasteiger partial charge in [0.2, 0.25) is 0 Å². The highest BCUT2D eigenvalue weighted by Gasteiger charge is 2.02. The van der Waals surface area contributed by atoms with Gasteiger partial charge >= 0.3 is 0 Å². The normalized spacial score (nSPS) is 14.4. The molecule has 3 nitrogen and oxygen atoms in total. The highest BCUT2D eigenvalue weighted by molar-refractivity contribution is 5.79. The van der Waals surface area contributed by atoms with Crippen molar-refractivity contribution in [2.75, 3.05) is 26.7 Å². The summed E-state index contributed by atoms with van der Waals surface area (Å²) in [5, 5.41) is 3.34. The number of amidine groups is 1. The van der Waals surface area contributed by atoms with Crippen molar-refractivity contribution in [3.05, 3.63) is 0 Å². The molecule has 0 bridgehead atoms. The van der Waals surface area contributed by atoms with Gasteiger partial charge in [-0.25, -0.2) is 0 Å². The van der Waals surface area contributed by atoms with E-state index in [0.717, 1.165) is 25.5 Å². The van der Waals surface area contributed by atoms with Gasteiger partial charge in [-0.2, -0.15) is 0 Å². The van der Waals surface area contributed by atoms with Crippen molar-refractivity contribution < 1.29 is 0 Å². The number of unbranched alkanes of at least 4 members (excludes halogenated alkanes) is 1. The van der Waals surface area contributed by atoms with Gasteiger partial charge in [-0.05, 0) is 33.9 Å². The molecule has 0 spiro atoms. The second-order valence-corrected chi connectivity index (χ2v) is 4.20. The first kappa shape index (κ1) is 14.4. The van der Waals surface area contributed by atoms with E-state index >= 15 is 0 Å². The maximum Gasteiger partial charge on any atom is 0.0935 e. The molecule has 0 amide bonds. The Morgan fingerprint density at radius 3 is 2.60 bits per heavy atom. The molecule has 1 N–H and O–H groups in total. The molecule has 0 aliphatic rings. The van der Waals surface area contributed by atoms with Gasteiger partial charge in [0.25, 0.3) is 0 Å². The monoisotopic (exact) mass is 213 g/mol. The third-order valence-corrected chi connectivity index (χ3v) is 2.44. The number of nitrogens with one attached hydrogen (secondary N) is 1. The zero-order valence-corrected chi connectivity index (χ0v) is 11.0. The summed E-state index contributed by atoms with van der Waals surface area (Å²) in [5.74, 6) is 1.07. The number of aliphatic imine (C=N–C) groups is 1. The first-order chi connectivity index (χ1) is 7.10. The molecule has 0 aromatic rings. The summed E-state index contributed by atoms with van der Waals surface area (Å²) >= 11 is 0. The van der Waals surface area contributed by atoms with E-state index in [1.807, 2.05) is 0 Å². The molecule has 0 fully saturated rings. The quantitative estimate of drug-likeness (QED) is 0.398. The molecule has 0 saturated carbocycles. The third kappa shape index (κ3) is 8.43.